The van der Waals surface area contributed by atoms with Crippen molar-refractivity contribution in [2.24, 2.45) is 39.7 Å². The predicted molar refractivity (Wildman–Crippen MR) is 92.2 cm³/mol. The zero-order valence-electron chi connectivity index (χ0n) is 15.1. The van der Waals surface area contributed by atoms with E-state index in [9.17, 15) is 5.11 Å². The number of hydrogen-bond donors (Lipinski definition) is 1. The lowest BCUT2D eigenvalue weighted by molar-refractivity contribution is -0.112. The molecule has 4 aliphatic rings. The summed E-state index contributed by atoms with van der Waals surface area (Å²) in [7, 11) is 1.67. The third-order valence-corrected chi connectivity index (χ3v) is 8.67. The van der Waals surface area contributed by atoms with Crippen molar-refractivity contribution in [2.45, 2.75) is 77.7 Å². The summed E-state index contributed by atoms with van der Waals surface area (Å²) in [4.78, 5) is 5.04. The second kappa shape index (κ2) is 5.47. The lowest BCUT2D eigenvalue weighted by atomic mass is 9.45. The zero-order chi connectivity index (χ0) is 16.2. The van der Waals surface area contributed by atoms with Crippen molar-refractivity contribution in [3.05, 3.63) is 0 Å². The Bertz CT molecular complexity index is 504. The Morgan fingerprint density at radius 3 is 2.57 bits per heavy atom. The van der Waals surface area contributed by atoms with Gasteiger partial charge in [0.15, 0.2) is 0 Å². The van der Waals surface area contributed by atoms with Gasteiger partial charge in [-0.3, -0.25) is 0 Å². The van der Waals surface area contributed by atoms with Gasteiger partial charge < -0.3 is 9.94 Å². The van der Waals surface area contributed by atoms with E-state index in [1.807, 2.05) is 0 Å². The summed E-state index contributed by atoms with van der Waals surface area (Å²) in [5.74, 6) is 3.28. The van der Waals surface area contributed by atoms with E-state index in [0.29, 0.717) is 5.41 Å². The first-order valence-corrected chi connectivity index (χ1v) is 9.76. The van der Waals surface area contributed by atoms with Crippen molar-refractivity contribution >= 4 is 5.71 Å². The van der Waals surface area contributed by atoms with Crippen LogP contribution < -0.4 is 0 Å². The Kier molecular flexibility index (Phi) is 3.79. The number of oxime groups is 1. The summed E-state index contributed by atoms with van der Waals surface area (Å²) in [6, 6.07) is 0. The summed E-state index contributed by atoms with van der Waals surface area (Å²) in [6.07, 6.45) is 11.1. The average Bonchev–Trinajstić information content (AvgIpc) is 2.84. The molecule has 1 N–H and O–H groups in total. The summed E-state index contributed by atoms with van der Waals surface area (Å²) < 4.78 is 0. The largest absolute Gasteiger partial charge is 0.399 e. The minimum atomic E-state index is -0.0502. The number of fused-ring (bicyclic) bond motifs is 5. The summed E-state index contributed by atoms with van der Waals surface area (Å²) in [5, 5.41) is 14.8. The number of aliphatic hydroxyl groups excluding tert-OH is 1. The van der Waals surface area contributed by atoms with Gasteiger partial charge in [0.2, 0.25) is 0 Å². The maximum absolute atomic E-state index is 10.5. The summed E-state index contributed by atoms with van der Waals surface area (Å²) in [5.41, 5.74) is 1.98. The molecule has 0 heterocycles. The van der Waals surface area contributed by atoms with Crippen LogP contribution in [0.3, 0.4) is 0 Å². The van der Waals surface area contributed by atoms with Crippen LogP contribution in [0.2, 0.25) is 0 Å². The van der Waals surface area contributed by atoms with Crippen LogP contribution in [-0.2, 0) is 4.84 Å². The Morgan fingerprint density at radius 1 is 1.00 bits per heavy atom. The molecule has 2 unspecified atom stereocenters. The van der Waals surface area contributed by atoms with Crippen LogP contribution in [0.5, 0.6) is 0 Å². The fraction of sp³-hybridized carbons (Fsp3) is 0.950. The fourth-order valence-corrected chi connectivity index (χ4v) is 7.24. The van der Waals surface area contributed by atoms with E-state index in [2.05, 4.69) is 19.0 Å². The van der Waals surface area contributed by atoms with Crippen LogP contribution in [0.25, 0.3) is 0 Å². The van der Waals surface area contributed by atoms with Gasteiger partial charge in [0.1, 0.15) is 7.11 Å². The summed E-state index contributed by atoms with van der Waals surface area (Å²) in [6.45, 7) is 4.95. The van der Waals surface area contributed by atoms with E-state index >= 15 is 0 Å². The predicted octanol–water partition coefficient (Wildman–Crippen LogP) is 4.39. The van der Waals surface area contributed by atoms with Crippen molar-refractivity contribution < 1.29 is 9.94 Å². The van der Waals surface area contributed by atoms with Gasteiger partial charge in [-0.2, -0.15) is 0 Å². The maximum atomic E-state index is 10.5. The Labute approximate surface area is 140 Å². The topological polar surface area (TPSA) is 41.8 Å². The van der Waals surface area contributed by atoms with E-state index in [4.69, 9.17) is 4.84 Å². The molecule has 0 amide bonds. The quantitative estimate of drug-likeness (QED) is 0.728. The van der Waals surface area contributed by atoms with Crippen LogP contribution in [0, 0.1) is 34.5 Å². The second-order valence-electron chi connectivity index (χ2n) is 9.34. The molecule has 4 aliphatic carbocycles. The standard InChI is InChI=1S/C20H33NO2/c1-19-10-8-14(21-23-3)12-13(19)4-5-15-16-6-7-18(22)20(16,2)11-9-17(15)19/h13,15-18,22H,4-12H2,1-3H3/b21-14-/t13?,15-,16-,17-,18?,19-,20-/m0/s1. The highest BCUT2D eigenvalue weighted by atomic mass is 16.6. The molecule has 3 nitrogen and oxygen atoms in total. The Balaban J connectivity index is 1.58. The van der Waals surface area contributed by atoms with Crippen LogP contribution >= 0.6 is 0 Å². The third kappa shape index (κ3) is 2.22. The highest BCUT2D eigenvalue weighted by Crippen LogP contribution is 2.65. The van der Waals surface area contributed by atoms with E-state index in [1.165, 1.54) is 44.2 Å². The van der Waals surface area contributed by atoms with Crippen LogP contribution in [0.4, 0.5) is 0 Å². The molecule has 0 radical (unpaired) electrons. The number of hydrogen-bond acceptors (Lipinski definition) is 3. The SMILES string of the molecule is CO/N=C1/CC[C@@]2(C)C(CC[C@@H]3[C@@H]2CC[C@]2(C)C(O)CC[C@@H]32)C1. The molecule has 23 heavy (non-hydrogen) atoms. The van der Waals surface area contributed by atoms with Gasteiger partial charge in [-0.05, 0) is 92.3 Å². The molecule has 0 saturated heterocycles. The van der Waals surface area contributed by atoms with Gasteiger partial charge in [-0.25, -0.2) is 0 Å². The third-order valence-electron chi connectivity index (χ3n) is 8.67. The smallest absolute Gasteiger partial charge is 0.106 e. The highest BCUT2D eigenvalue weighted by molar-refractivity contribution is 5.85. The van der Waals surface area contributed by atoms with Crippen molar-refractivity contribution in [1.82, 2.24) is 0 Å². The van der Waals surface area contributed by atoms with Gasteiger partial charge >= 0.3 is 0 Å². The van der Waals surface area contributed by atoms with E-state index in [-0.39, 0.29) is 11.5 Å². The van der Waals surface area contributed by atoms with Gasteiger partial charge in [-0.1, -0.05) is 19.0 Å². The molecule has 3 heteroatoms. The molecule has 4 rings (SSSR count). The van der Waals surface area contributed by atoms with Crippen LogP contribution in [0.15, 0.2) is 5.16 Å². The van der Waals surface area contributed by atoms with Crippen molar-refractivity contribution in [3.63, 3.8) is 0 Å². The van der Waals surface area contributed by atoms with Crippen molar-refractivity contribution in [2.75, 3.05) is 7.11 Å². The van der Waals surface area contributed by atoms with Gasteiger partial charge in [0.25, 0.3) is 0 Å². The van der Waals surface area contributed by atoms with Gasteiger partial charge in [-0.15, -0.1) is 0 Å². The summed E-state index contributed by atoms with van der Waals surface area (Å²) >= 11 is 0. The maximum Gasteiger partial charge on any atom is 0.106 e. The zero-order valence-corrected chi connectivity index (χ0v) is 15.1. The first kappa shape index (κ1) is 15.9. The first-order valence-electron chi connectivity index (χ1n) is 9.76. The van der Waals surface area contributed by atoms with E-state index in [1.54, 1.807) is 7.11 Å². The molecule has 0 aliphatic heterocycles. The molecule has 0 aromatic carbocycles. The number of aliphatic hydroxyl groups is 1. The lowest BCUT2D eigenvalue weighted by Gasteiger charge is -2.60. The Morgan fingerprint density at radius 2 is 1.78 bits per heavy atom. The first-order chi connectivity index (χ1) is 11.0. The van der Waals surface area contributed by atoms with Gasteiger partial charge in [0.05, 0.1) is 11.8 Å². The highest BCUT2D eigenvalue weighted by Gasteiger charge is 2.59. The molecule has 4 saturated carbocycles. The molecule has 0 aromatic heterocycles. The number of rotatable bonds is 1. The van der Waals surface area contributed by atoms with Crippen LogP contribution in [0.1, 0.15) is 71.6 Å². The Hall–Kier alpha value is -0.570. The molecular formula is C20H33NO2. The molecule has 0 bridgehead atoms. The minimum Gasteiger partial charge on any atom is -0.399 e. The molecule has 130 valence electrons. The van der Waals surface area contributed by atoms with Crippen molar-refractivity contribution in [3.8, 4) is 0 Å². The van der Waals surface area contributed by atoms with Crippen molar-refractivity contribution in [1.29, 1.82) is 0 Å². The van der Waals surface area contributed by atoms with Gasteiger partial charge in [0, 0.05) is 0 Å². The second-order valence-corrected chi connectivity index (χ2v) is 9.34. The molecule has 0 aromatic rings. The van der Waals surface area contributed by atoms with E-state index in [0.717, 1.165) is 42.9 Å². The van der Waals surface area contributed by atoms with Crippen LogP contribution in [-0.4, -0.2) is 24.0 Å². The number of nitrogens with zero attached hydrogens (tertiary/aromatic N) is 1. The molecular weight excluding hydrogens is 286 g/mol. The molecule has 7 atom stereocenters. The monoisotopic (exact) mass is 319 g/mol. The van der Waals surface area contributed by atoms with E-state index < -0.39 is 0 Å². The fourth-order valence-electron chi connectivity index (χ4n) is 7.24. The minimum absolute atomic E-state index is 0.0502. The lowest BCUT2D eigenvalue weighted by Crippen LogP contribution is -2.54. The normalized spacial score (nSPS) is 54.3. The average molecular weight is 319 g/mol. The molecule has 0 spiro atoms. The molecule has 4 fully saturated rings.